The Hall–Kier alpha value is -0.800. The maximum absolute atomic E-state index is 5.36. The zero-order valence-electron chi connectivity index (χ0n) is 10.7. The molecule has 0 aliphatic heterocycles. The minimum absolute atomic E-state index is 0.593. The highest BCUT2D eigenvalue weighted by molar-refractivity contribution is 4.97. The van der Waals surface area contributed by atoms with Gasteiger partial charge in [0.2, 0.25) is 0 Å². The van der Waals surface area contributed by atoms with Crippen molar-refractivity contribution in [1.29, 1.82) is 0 Å². The van der Waals surface area contributed by atoms with Crippen LogP contribution in [0.2, 0.25) is 0 Å². The highest BCUT2D eigenvalue weighted by Crippen LogP contribution is 2.06. The van der Waals surface area contributed by atoms with E-state index in [0.717, 1.165) is 31.9 Å². The molecule has 1 rings (SSSR count). The number of rotatable bonds is 8. The third-order valence-corrected chi connectivity index (χ3v) is 2.84. The minimum atomic E-state index is 0.593. The van der Waals surface area contributed by atoms with E-state index in [2.05, 4.69) is 31.0 Å². The van der Waals surface area contributed by atoms with Crippen molar-refractivity contribution >= 4 is 0 Å². The Bertz CT molecular complexity index is 259. The Morgan fingerprint density at radius 1 is 1.44 bits per heavy atom. The van der Waals surface area contributed by atoms with Crippen LogP contribution in [0.3, 0.4) is 0 Å². The first-order chi connectivity index (χ1) is 7.76. The van der Waals surface area contributed by atoms with E-state index < -0.39 is 0 Å². The van der Waals surface area contributed by atoms with Crippen molar-refractivity contribution in [2.45, 2.75) is 39.8 Å². The van der Waals surface area contributed by atoms with Gasteiger partial charge in [-0.05, 0) is 38.6 Å². The predicted octanol–water partition coefficient (Wildman–Crippen LogP) is 2.49. The van der Waals surface area contributed by atoms with Crippen LogP contribution in [-0.2, 0) is 6.54 Å². The van der Waals surface area contributed by atoms with Crippen LogP contribution < -0.4 is 5.32 Å². The molecule has 1 heterocycles. The summed E-state index contributed by atoms with van der Waals surface area (Å²) >= 11 is 0. The zero-order chi connectivity index (χ0) is 11.8. The smallest absolute Gasteiger partial charge is 0.117 e. The molecule has 1 unspecified atom stereocenters. The van der Waals surface area contributed by atoms with E-state index in [0.29, 0.717) is 6.04 Å². The van der Waals surface area contributed by atoms with E-state index in [4.69, 9.17) is 4.42 Å². The lowest BCUT2D eigenvalue weighted by molar-refractivity contribution is 0.243. The van der Waals surface area contributed by atoms with Crippen molar-refractivity contribution in [3.05, 3.63) is 24.2 Å². The van der Waals surface area contributed by atoms with Crippen LogP contribution in [0.1, 0.15) is 33.0 Å². The Kier molecular flexibility index (Phi) is 6.19. The van der Waals surface area contributed by atoms with Gasteiger partial charge in [-0.3, -0.25) is 4.90 Å². The van der Waals surface area contributed by atoms with E-state index in [1.165, 1.54) is 6.42 Å². The lowest BCUT2D eigenvalue weighted by Crippen LogP contribution is -2.32. The van der Waals surface area contributed by atoms with Gasteiger partial charge in [0.05, 0.1) is 12.8 Å². The SMILES string of the molecule is CCNC(C)CCN(CC)Cc1ccco1. The molecule has 0 aromatic carbocycles. The van der Waals surface area contributed by atoms with Crippen LogP contribution in [0, 0.1) is 0 Å². The summed E-state index contributed by atoms with van der Waals surface area (Å²) < 4.78 is 5.36. The third-order valence-electron chi connectivity index (χ3n) is 2.84. The summed E-state index contributed by atoms with van der Waals surface area (Å²) in [4.78, 5) is 2.41. The monoisotopic (exact) mass is 224 g/mol. The second kappa shape index (κ2) is 7.47. The summed E-state index contributed by atoms with van der Waals surface area (Å²) in [6, 6.07) is 4.58. The van der Waals surface area contributed by atoms with Gasteiger partial charge in [-0.25, -0.2) is 0 Å². The minimum Gasteiger partial charge on any atom is -0.468 e. The van der Waals surface area contributed by atoms with Crippen LogP contribution in [0.5, 0.6) is 0 Å². The molecule has 16 heavy (non-hydrogen) atoms. The van der Waals surface area contributed by atoms with Crippen molar-refractivity contribution in [2.75, 3.05) is 19.6 Å². The highest BCUT2D eigenvalue weighted by Gasteiger charge is 2.07. The van der Waals surface area contributed by atoms with Gasteiger partial charge in [0, 0.05) is 12.6 Å². The summed E-state index contributed by atoms with van der Waals surface area (Å²) in [5.74, 6) is 1.05. The van der Waals surface area contributed by atoms with Crippen LogP contribution >= 0.6 is 0 Å². The summed E-state index contributed by atoms with van der Waals surface area (Å²) in [5, 5.41) is 3.43. The third kappa shape index (κ3) is 4.81. The average Bonchev–Trinajstić information content (AvgIpc) is 2.77. The number of furan rings is 1. The standard InChI is InChI=1S/C13H24N2O/c1-4-14-12(3)8-9-15(5-2)11-13-7-6-10-16-13/h6-7,10,12,14H,4-5,8-9,11H2,1-3H3. The Balaban J connectivity index is 2.26. The molecule has 0 radical (unpaired) electrons. The van der Waals surface area contributed by atoms with Crippen LogP contribution in [0.4, 0.5) is 0 Å². The van der Waals surface area contributed by atoms with E-state index in [9.17, 15) is 0 Å². The fourth-order valence-corrected chi connectivity index (χ4v) is 1.80. The molecule has 1 aromatic rings. The zero-order valence-corrected chi connectivity index (χ0v) is 10.7. The van der Waals surface area contributed by atoms with Crippen molar-refractivity contribution < 1.29 is 4.42 Å². The molecular weight excluding hydrogens is 200 g/mol. The van der Waals surface area contributed by atoms with Crippen molar-refractivity contribution in [2.24, 2.45) is 0 Å². The molecule has 0 saturated carbocycles. The Morgan fingerprint density at radius 2 is 2.25 bits per heavy atom. The van der Waals surface area contributed by atoms with Gasteiger partial charge in [0.25, 0.3) is 0 Å². The second-order valence-corrected chi connectivity index (χ2v) is 4.20. The normalized spacial score (nSPS) is 13.2. The molecule has 3 heteroatoms. The lowest BCUT2D eigenvalue weighted by atomic mass is 10.2. The number of nitrogens with one attached hydrogen (secondary N) is 1. The molecular formula is C13H24N2O. The van der Waals surface area contributed by atoms with E-state index >= 15 is 0 Å². The molecule has 1 aromatic heterocycles. The molecule has 1 N–H and O–H groups in total. The lowest BCUT2D eigenvalue weighted by Gasteiger charge is -2.21. The molecule has 0 saturated heterocycles. The molecule has 0 fully saturated rings. The first kappa shape index (κ1) is 13.3. The van der Waals surface area contributed by atoms with Crippen LogP contribution in [-0.4, -0.2) is 30.6 Å². The van der Waals surface area contributed by atoms with E-state index in [1.54, 1.807) is 6.26 Å². The Morgan fingerprint density at radius 3 is 2.81 bits per heavy atom. The molecule has 3 nitrogen and oxygen atoms in total. The first-order valence-electron chi connectivity index (χ1n) is 6.24. The van der Waals surface area contributed by atoms with Crippen molar-refractivity contribution in [1.82, 2.24) is 10.2 Å². The summed E-state index contributed by atoms with van der Waals surface area (Å²) in [6.45, 7) is 10.7. The van der Waals surface area contributed by atoms with Gasteiger partial charge in [0.1, 0.15) is 5.76 Å². The van der Waals surface area contributed by atoms with Gasteiger partial charge >= 0.3 is 0 Å². The fourth-order valence-electron chi connectivity index (χ4n) is 1.80. The molecule has 0 bridgehead atoms. The van der Waals surface area contributed by atoms with Crippen molar-refractivity contribution in [3.8, 4) is 0 Å². The molecule has 0 aliphatic carbocycles. The summed E-state index contributed by atoms with van der Waals surface area (Å²) in [5.41, 5.74) is 0. The second-order valence-electron chi connectivity index (χ2n) is 4.20. The highest BCUT2D eigenvalue weighted by atomic mass is 16.3. The molecule has 0 amide bonds. The average molecular weight is 224 g/mol. The van der Waals surface area contributed by atoms with Gasteiger partial charge in [-0.2, -0.15) is 0 Å². The number of hydrogen-bond donors (Lipinski definition) is 1. The first-order valence-corrected chi connectivity index (χ1v) is 6.24. The molecule has 92 valence electrons. The van der Waals surface area contributed by atoms with Gasteiger partial charge in [-0.15, -0.1) is 0 Å². The van der Waals surface area contributed by atoms with E-state index in [-0.39, 0.29) is 0 Å². The summed E-state index contributed by atoms with van der Waals surface area (Å²) in [6.07, 6.45) is 2.92. The van der Waals surface area contributed by atoms with Crippen LogP contribution in [0.15, 0.2) is 22.8 Å². The maximum atomic E-state index is 5.36. The molecule has 0 aliphatic rings. The fraction of sp³-hybridized carbons (Fsp3) is 0.692. The molecule has 1 atom stereocenters. The largest absolute Gasteiger partial charge is 0.468 e. The van der Waals surface area contributed by atoms with Crippen LogP contribution in [0.25, 0.3) is 0 Å². The predicted molar refractivity (Wildman–Crippen MR) is 67.4 cm³/mol. The van der Waals surface area contributed by atoms with Gasteiger partial charge in [-0.1, -0.05) is 13.8 Å². The quantitative estimate of drug-likeness (QED) is 0.735. The van der Waals surface area contributed by atoms with Gasteiger partial charge < -0.3 is 9.73 Å². The van der Waals surface area contributed by atoms with Crippen molar-refractivity contribution in [3.63, 3.8) is 0 Å². The Labute approximate surface area is 98.8 Å². The molecule has 0 spiro atoms. The maximum Gasteiger partial charge on any atom is 0.117 e. The number of nitrogens with zero attached hydrogens (tertiary/aromatic N) is 1. The van der Waals surface area contributed by atoms with Gasteiger partial charge in [0.15, 0.2) is 0 Å². The summed E-state index contributed by atoms with van der Waals surface area (Å²) in [7, 11) is 0. The topological polar surface area (TPSA) is 28.4 Å². The number of hydrogen-bond acceptors (Lipinski definition) is 3. The van der Waals surface area contributed by atoms with E-state index in [1.807, 2.05) is 12.1 Å².